The second-order valence-electron chi connectivity index (χ2n) is 20.1. The van der Waals surface area contributed by atoms with Crippen LogP contribution < -0.4 is 0 Å². The van der Waals surface area contributed by atoms with E-state index in [-0.39, 0.29) is 12.6 Å². The number of aliphatic hydroxyl groups excluding tert-OH is 1. The maximum Gasteiger partial charge on any atom is 0.306 e. The van der Waals surface area contributed by atoms with Crippen molar-refractivity contribution in [1.82, 2.24) is 0 Å². The SMILES string of the molecule is CCCCCCCCCCCCCCCCCCCCCCCCCCCCOCC(CO)OC(=O)CCCCCCCCCCCCCCCCCCCCCCCCCC. The van der Waals surface area contributed by atoms with Crippen molar-refractivity contribution in [3.63, 3.8) is 0 Å². The van der Waals surface area contributed by atoms with Gasteiger partial charge in [0.05, 0.1) is 13.2 Å². The van der Waals surface area contributed by atoms with Gasteiger partial charge in [-0.25, -0.2) is 0 Å². The Morgan fingerprint density at radius 1 is 0.323 bits per heavy atom. The van der Waals surface area contributed by atoms with Gasteiger partial charge in [0, 0.05) is 13.0 Å². The van der Waals surface area contributed by atoms with Crippen molar-refractivity contribution in [3.8, 4) is 0 Å². The molecule has 0 amide bonds. The molecule has 0 aromatic heterocycles. The zero-order valence-electron chi connectivity index (χ0n) is 42.9. The van der Waals surface area contributed by atoms with Crippen molar-refractivity contribution in [2.45, 2.75) is 347 Å². The van der Waals surface area contributed by atoms with Gasteiger partial charge in [-0.1, -0.05) is 322 Å². The average molecular weight is 878 g/mol. The average Bonchev–Trinajstić information content (AvgIpc) is 3.28. The van der Waals surface area contributed by atoms with Crippen LogP contribution in [0.15, 0.2) is 0 Å². The van der Waals surface area contributed by atoms with E-state index in [0.29, 0.717) is 19.6 Å². The first-order valence-corrected chi connectivity index (χ1v) is 29.1. The second kappa shape index (κ2) is 56.5. The van der Waals surface area contributed by atoms with Gasteiger partial charge in [0.25, 0.3) is 0 Å². The normalized spacial score (nSPS) is 12.1. The molecule has 0 aromatic carbocycles. The highest BCUT2D eigenvalue weighted by Crippen LogP contribution is 2.18. The van der Waals surface area contributed by atoms with Crippen LogP contribution in [0.4, 0.5) is 0 Å². The molecule has 0 aliphatic heterocycles. The van der Waals surface area contributed by atoms with E-state index in [9.17, 15) is 9.90 Å². The first-order chi connectivity index (χ1) is 30.7. The molecule has 0 heterocycles. The minimum atomic E-state index is -0.527. The summed E-state index contributed by atoms with van der Waals surface area (Å²) >= 11 is 0. The minimum absolute atomic E-state index is 0.162. The lowest BCUT2D eigenvalue weighted by molar-refractivity contribution is -0.154. The lowest BCUT2D eigenvalue weighted by Gasteiger charge is -2.16. The number of carbonyl (C=O) groups excluding carboxylic acids is 1. The Morgan fingerprint density at radius 3 is 0.758 bits per heavy atom. The summed E-state index contributed by atoms with van der Waals surface area (Å²) in [7, 11) is 0. The van der Waals surface area contributed by atoms with Gasteiger partial charge >= 0.3 is 5.97 Å². The van der Waals surface area contributed by atoms with E-state index in [1.165, 1.54) is 302 Å². The van der Waals surface area contributed by atoms with Crippen LogP contribution in [-0.4, -0.2) is 37.0 Å². The molecule has 62 heavy (non-hydrogen) atoms. The molecular formula is C58H116O4. The topological polar surface area (TPSA) is 55.8 Å². The van der Waals surface area contributed by atoms with Crippen LogP contribution in [0.2, 0.25) is 0 Å². The van der Waals surface area contributed by atoms with E-state index in [2.05, 4.69) is 13.8 Å². The molecule has 0 aliphatic carbocycles. The van der Waals surface area contributed by atoms with Gasteiger partial charge in [0.1, 0.15) is 6.10 Å². The number of hydrogen-bond donors (Lipinski definition) is 1. The van der Waals surface area contributed by atoms with Crippen molar-refractivity contribution >= 4 is 5.97 Å². The molecule has 0 saturated heterocycles. The third-order valence-corrected chi connectivity index (χ3v) is 13.7. The molecule has 0 aliphatic rings. The molecule has 0 bridgehead atoms. The van der Waals surface area contributed by atoms with Crippen molar-refractivity contribution < 1.29 is 19.4 Å². The fourth-order valence-electron chi connectivity index (χ4n) is 9.34. The molecule has 1 unspecified atom stereocenters. The molecule has 0 fully saturated rings. The smallest absolute Gasteiger partial charge is 0.306 e. The van der Waals surface area contributed by atoms with Crippen LogP contribution in [0.3, 0.4) is 0 Å². The summed E-state index contributed by atoms with van der Waals surface area (Å²) in [4.78, 5) is 12.3. The van der Waals surface area contributed by atoms with E-state index in [1.807, 2.05) is 0 Å². The van der Waals surface area contributed by atoms with Gasteiger partial charge in [-0.2, -0.15) is 0 Å². The van der Waals surface area contributed by atoms with Crippen molar-refractivity contribution in [1.29, 1.82) is 0 Å². The van der Waals surface area contributed by atoms with Crippen LogP contribution in [0.1, 0.15) is 341 Å². The Morgan fingerprint density at radius 2 is 0.532 bits per heavy atom. The predicted molar refractivity (Wildman–Crippen MR) is 275 cm³/mol. The summed E-state index contributed by atoms with van der Waals surface area (Å²) in [5.41, 5.74) is 0. The van der Waals surface area contributed by atoms with Gasteiger partial charge in [0.15, 0.2) is 0 Å². The second-order valence-corrected chi connectivity index (χ2v) is 20.1. The molecular weight excluding hydrogens is 761 g/mol. The zero-order chi connectivity index (χ0) is 44.8. The molecule has 4 nitrogen and oxygen atoms in total. The number of hydrogen-bond acceptors (Lipinski definition) is 4. The standard InChI is InChI=1S/C58H116O4/c1-3-5-7-9-11-13-15-17-19-21-23-25-27-29-30-32-34-36-38-40-42-44-46-48-50-52-54-61-56-57(55-59)62-58(60)53-51-49-47-45-43-41-39-37-35-33-31-28-26-24-22-20-18-16-14-12-10-8-6-4-2/h57,59H,3-56H2,1-2H3. The van der Waals surface area contributed by atoms with Gasteiger partial charge < -0.3 is 14.6 Å². The summed E-state index contributed by atoms with van der Waals surface area (Å²) in [6.07, 6.45) is 69.5. The largest absolute Gasteiger partial charge is 0.457 e. The van der Waals surface area contributed by atoms with Crippen LogP contribution >= 0.6 is 0 Å². The zero-order valence-corrected chi connectivity index (χ0v) is 42.9. The monoisotopic (exact) mass is 877 g/mol. The lowest BCUT2D eigenvalue weighted by atomic mass is 10.0. The first kappa shape index (κ1) is 61.4. The van der Waals surface area contributed by atoms with Crippen LogP contribution in [0.5, 0.6) is 0 Å². The molecule has 372 valence electrons. The first-order valence-electron chi connectivity index (χ1n) is 29.1. The number of ether oxygens (including phenoxy) is 2. The minimum Gasteiger partial charge on any atom is -0.457 e. The molecule has 0 saturated carbocycles. The van der Waals surface area contributed by atoms with E-state index in [1.54, 1.807) is 0 Å². The Hall–Kier alpha value is -0.610. The van der Waals surface area contributed by atoms with Gasteiger partial charge in [-0.3, -0.25) is 4.79 Å². The van der Waals surface area contributed by atoms with E-state index >= 15 is 0 Å². The fourth-order valence-corrected chi connectivity index (χ4v) is 9.34. The van der Waals surface area contributed by atoms with E-state index < -0.39 is 6.10 Å². The Labute approximate surface area is 391 Å². The Kier molecular flexibility index (Phi) is 56.0. The number of carbonyl (C=O) groups is 1. The molecule has 1 N–H and O–H groups in total. The van der Waals surface area contributed by atoms with Gasteiger partial charge in [-0.15, -0.1) is 0 Å². The van der Waals surface area contributed by atoms with Crippen LogP contribution in [0, 0.1) is 0 Å². The maximum absolute atomic E-state index is 12.3. The highest BCUT2D eigenvalue weighted by Gasteiger charge is 2.13. The highest BCUT2D eigenvalue weighted by molar-refractivity contribution is 5.69. The van der Waals surface area contributed by atoms with Crippen LogP contribution in [0.25, 0.3) is 0 Å². The number of aliphatic hydroxyl groups is 1. The molecule has 0 rings (SSSR count). The van der Waals surface area contributed by atoms with Crippen molar-refractivity contribution in [2.24, 2.45) is 0 Å². The summed E-state index contributed by atoms with van der Waals surface area (Å²) in [6, 6.07) is 0. The third-order valence-electron chi connectivity index (χ3n) is 13.7. The maximum atomic E-state index is 12.3. The molecule has 0 spiro atoms. The highest BCUT2D eigenvalue weighted by atomic mass is 16.6. The number of rotatable bonds is 56. The lowest BCUT2D eigenvalue weighted by Crippen LogP contribution is -2.27. The molecule has 0 radical (unpaired) electrons. The summed E-state index contributed by atoms with van der Waals surface area (Å²) in [6.45, 7) is 5.43. The molecule has 1 atom stereocenters. The summed E-state index contributed by atoms with van der Waals surface area (Å²) < 4.78 is 11.3. The fraction of sp³-hybridized carbons (Fsp3) is 0.983. The van der Waals surface area contributed by atoms with Crippen LogP contribution in [-0.2, 0) is 14.3 Å². The number of unbranched alkanes of at least 4 members (excludes halogenated alkanes) is 48. The Balaban J connectivity index is 3.30. The Bertz CT molecular complexity index is 800. The van der Waals surface area contributed by atoms with Crippen molar-refractivity contribution in [2.75, 3.05) is 19.8 Å². The van der Waals surface area contributed by atoms with Gasteiger partial charge in [-0.05, 0) is 12.8 Å². The van der Waals surface area contributed by atoms with Crippen molar-refractivity contribution in [3.05, 3.63) is 0 Å². The third kappa shape index (κ3) is 53.7. The molecule has 4 heteroatoms. The summed E-state index contributed by atoms with van der Waals surface area (Å²) in [5.74, 6) is -0.188. The number of esters is 1. The quantitative estimate of drug-likeness (QED) is 0.0489. The summed E-state index contributed by atoms with van der Waals surface area (Å²) in [5, 5.41) is 9.68. The van der Waals surface area contributed by atoms with E-state index in [4.69, 9.17) is 9.47 Å². The molecule has 0 aromatic rings. The van der Waals surface area contributed by atoms with Gasteiger partial charge in [0.2, 0.25) is 0 Å². The van der Waals surface area contributed by atoms with E-state index in [0.717, 1.165) is 19.3 Å². The predicted octanol–water partition coefficient (Wildman–Crippen LogP) is 19.8.